The van der Waals surface area contributed by atoms with E-state index in [9.17, 15) is 0 Å². The monoisotopic (exact) mass is 384 g/mol. The molecular weight excluding hydrogens is 360 g/mol. The number of fused-ring (bicyclic) bond motifs is 1. The Labute approximate surface area is 165 Å². The Morgan fingerprint density at radius 2 is 1.93 bits per heavy atom. The molecule has 1 aliphatic carbocycles. The molecular formula is C21H25ClN4O. The van der Waals surface area contributed by atoms with Gasteiger partial charge in [0, 0.05) is 29.5 Å². The van der Waals surface area contributed by atoms with Gasteiger partial charge in [-0.2, -0.15) is 0 Å². The van der Waals surface area contributed by atoms with Crippen LogP contribution in [0.1, 0.15) is 23.1 Å². The number of aliphatic imine (C=N–C) groups is 1. The van der Waals surface area contributed by atoms with Crippen molar-refractivity contribution in [3.8, 4) is 0 Å². The first-order valence-electron chi connectivity index (χ1n) is 9.49. The number of anilines is 2. The highest BCUT2D eigenvalue weighted by Crippen LogP contribution is 2.27. The van der Waals surface area contributed by atoms with E-state index in [4.69, 9.17) is 22.1 Å². The minimum atomic E-state index is 0.417. The minimum Gasteiger partial charge on any atom is -0.378 e. The van der Waals surface area contributed by atoms with E-state index in [0.29, 0.717) is 17.5 Å². The van der Waals surface area contributed by atoms with Gasteiger partial charge < -0.3 is 20.7 Å². The van der Waals surface area contributed by atoms with Gasteiger partial charge in [0.25, 0.3) is 0 Å². The lowest BCUT2D eigenvalue weighted by molar-refractivity contribution is 0.122. The molecule has 1 heterocycles. The van der Waals surface area contributed by atoms with Crippen LogP contribution in [0, 0.1) is 0 Å². The summed E-state index contributed by atoms with van der Waals surface area (Å²) in [5.41, 5.74) is 12.2. The second-order valence-electron chi connectivity index (χ2n) is 7.04. The van der Waals surface area contributed by atoms with Crippen LogP contribution in [0.5, 0.6) is 0 Å². The van der Waals surface area contributed by atoms with Gasteiger partial charge >= 0.3 is 0 Å². The van der Waals surface area contributed by atoms with E-state index in [1.54, 1.807) is 0 Å². The van der Waals surface area contributed by atoms with Gasteiger partial charge in [-0.15, -0.1) is 0 Å². The van der Waals surface area contributed by atoms with Gasteiger partial charge in [0.05, 0.1) is 19.8 Å². The second kappa shape index (κ2) is 8.19. The Kier molecular flexibility index (Phi) is 5.50. The largest absolute Gasteiger partial charge is 0.378 e. The summed E-state index contributed by atoms with van der Waals surface area (Å²) in [5.74, 6) is 0.417. The molecule has 3 N–H and O–H groups in total. The van der Waals surface area contributed by atoms with Crippen LogP contribution < -0.4 is 16.0 Å². The molecule has 0 spiro atoms. The molecule has 142 valence electrons. The number of nitrogens with two attached hydrogens (primary N) is 1. The summed E-state index contributed by atoms with van der Waals surface area (Å²) >= 11 is 6.22. The van der Waals surface area contributed by atoms with Crippen molar-refractivity contribution in [2.75, 3.05) is 36.5 Å². The van der Waals surface area contributed by atoms with Gasteiger partial charge in [-0.25, -0.2) is 4.99 Å². The highest BCUT2D eigenvalue weighted by molar-refractivity contribution is 6.30. The molecule has 0 aromatic heterocycles. The number of aryl methyl sites for hydroxylation is 2. The molecule has 0 unspecified atom stereocenters. The van der Waals surface area contributed by atoms with Crippen LogP contribution in [0.15, 0.2) is 41.4 Å². The SMILES string of the molecule is NC(=NCc1cc(Cl)ccc1N1CCOCC1)Nc1ccc2c(c1)CCC2. The third-order valence-electron chi connectivity index (χ3n) is 5.18. The highest BCUT2D eigenvalue weighted by atomic mass is 35.5. The Morgan fingerprint density at radius 3 is 2.78 bits per heavy atom. The van der Waals surface area contributed by atoms with Crippen molar-refractivity contribution in [3.05, 3.63) is 58.1 Å². The third-order valence-corrected chi connectivity index (χ3v) is 5.42. The zero-order valence-electron chi connectivity index (χ0n) is 15.4. The molecule has 0 saturated carbocycles. The normalized spacial score (nSPS) is 17.1. The average Bonchev–Trinajstić information content (AvgIpc) is 3.15. The molecule has 2 aromatic rings. The van der Waals surface area contributed by atoms with Gasteiger partial charge in [0.2, 0.25) is 0 Å². The summed E-state index contributed by atoms with van der Waals surface area (Å²) < 4.78 is 5.46. The lowest BCUT2D eigenvalue weighted by Crippen LogP contribution is -2.36. The maximum absolute atomic E-state index is 6.22. The smallest absolute Gasteiger partial charge is 0.193 e. The van der Waals surface area contributed by atoms with E-state index in [2.05, 4.69) is 39.5 Å². The first kappa shape index (κ1) is 18.1. The summed E-state index contributed by atoms with van der Waals surface area (Å²) in [6.45, 7) is 3.72. The van der Waals surface area contributed by atoms with E-state index in [-0.39, 0.29) is 0 Å². The quantitative estimate of drug-likeness (QED) is 0.624. The predicted molar refractivity (Wildman–Crippen MR) is 112 cm³/mol. The number of ether oxygens (including phenoxy) is 1. The van der Waals surface area contributed by atoms with Crippen LogP contribution in [0.25, 0.3) is 0 Å². The number of morpholine rings is 1. The fraction of sp³-hybridized carbons (Fsp3) is 0.381. The fourth-order valence-corrected chi connectivity index (χ4v) is 4.00. The molecule has 2 aromatic carbocycles. The molecule has 6 heteroatoms. The molecule has 1 saturated heterocycles. The number of benzene rings is 2. The molecule has 4 rings (SSSR count). The predicted octanol–water partition coefficient (Wildman–Crippen LogP) is 3.59. The Morgan fingerprint density at radius 1 is 1.11 bits per heavy atom. The van der Waals surface area contributed by atoms with Crippen LogP contribution in [0.3, 0.4) is 0 Å². The number of halogens is 1. The number of guanidine groups is 1. The summed E-state index contributed by atoms with van der Waals surface area (Å²) in [7, 11) is 0. The minimum absolute atomic E-state index is 0.417. The number of hydrogen-bond donors (Lipinski definition) is 2. The van der Waals surface area contributed by atoms with Crippen molar-refractivity contribution in [3.63, 3.8) is 0 Å². The second-order valence-corrected chi connectivity index (χ2v) is 7.47. The van der Waals surface area contributed by atoms with E-state index in [0.717, 1.165) is 49.7 Å². The third kappa shape index (κ3) is 4.37. The van der Waals surface area contributed by atoms with Gasteiger partial charge in [-0.05, 0) is 66.3 Å². The molecule has 1 fully saturated rings. The van der Waals surface area contributed by atoms with Crippen LogP contribution in [-0.4, -0.2) is 32.3 Å². The van der Waals surface area contributed by atoms with Gasteiger partial charge in [-0.3, -0.25) is 0 Å². The summed E-state index contributed by atoms with van der Waals surface area (Å²) in [4.78, 5) is 6.86. The van der Waals surface area contributed by atoms with Crippen molar-refractivity contribution >= 4 is 28.9 Å². The van der Waals surface area contributed by atoms with Crippen molar-refractivity contribution in [1.82, 2.24) is 0 Å². The van der Waals surface area contributed by atoms with Crippen LogP contribution in [-0.2, 0) is 24.1 Å². The van der Waals surface area contributed by atoms with E-state index in [1.165, 1.54) is 24.0 Å². The van der Waals surface area contributed by atoms with E-state index in [1.807, 2.05) is 12.1 Å². The van der Waals surface area contributed by atoms with Crippen LogP contribution in [0.2, 0.25) is 5.02 Å². The molecule has 0 amide bonds. The molecule has 5 nitrogen and oxygen atoms in total. The summed E-state index contributed by atoms with van der Waals surface area (Å²) in [6.07, 6.45) is 3.56. The van der Waals surface area contributed by atoms with Gasteiger partial charge in [0.1, 0.15) is 0 Å². The summed E-state index contributed by atoms with van der Waals surface area (Å²) in [5, 5.41) is 3.93. The Balaban J connectivity index is 1.47. The van der Waals surface area contributed by atoms with Crippen LogP contribution in [0.4, 0.5) is 11.4 Å². The standard InChI is InChI=1S/C21H25ClN4O/c22-18-5-7-20(26-8-10-27-11-9-26)17(12-18)14-24-21(23)25-19-6-4-15-2-1-3-16(15)13-19/h4-7,12-13H,1-3,8-11,14H2,(H3,23,24,25). The number of nitrogens with zero attached hydrogens (tertiary/aromatic N) is 2. The topological polar surface area (TPSA) is 62.9 Å². The molecule has 27 heavy (non-hydrogen) atoms. The maximum atomic E-state index is 6.22. The van der Waals surface area contributed by atoms with Crippen molar-refractivity contribution in [2.45, 2.75) is 25.8 Å². The van der Waals surface area contributed by atoms with Gasteiger partial charge in [-0.1, -0.05) is 17.7 Å². The number of nitrogens with one attached hydrogen (secondary N) is 1. The molecule has 0 bridgehead atoms. The highest BCUT2D eigenvalue weighted by Gasteiger charge is 2.15. The molecule has 1 aliphatic heterocycles. The fourth-order valence-electron chi connectivity index (χ4n) is 3.80. The van der Waals surface area contributed by atoms with E-state index < -0.39 is 0 Å². The number of hydrogen-bond acceptors (Lipinski definition) is 3. The molecule has 0 atom stereocenters. The first-order chi connectivity index (χ1) is 13.2. The van der Waals surface area contributed by atoms with Crippen LogP contribution >= 0.6 is 11.6 Å². The van der Waals surface area contributed by atoms with Crippen molar-refractivity contribution in [1.29, 1.82) is 0 Å². The Hall–Kier alpha value is -2.24. The summed E-state index contributed by atoms with van der Waals surface area (Å²) in [6, 6.07) is 12.4. The first-order valence-corrected chi connectivity index (χ1v) is 9.87. The lowest BCUT2D eigenvalue weighted by atomic mass is 10.1. The molecule has 0 radical (unpaired) electrons. The van der Waals surface area contributed by atoms with Crippen molar-refractivity contribution in [2.24, 2.45) is 10.7 Å². The zero-order chi connectivity index (χ0) is 18.6. The van der Waals surface area contributed by atoms with Gasteiger partial charge in [0.15, 0.2) is 5.96 Å². The van der Waals surface area contributed by atoms with Crippen molar-refractivity contribution < 1.29 is 4.74 Å². The molecule has 2 aliphatic rings. The number of rotatable bonds is 4. The zero-order valence-corrected chi connectivity index (χ0v) is 16.1. The average molecular weight is 385 g/mol. The Bertz CT molecular complexity index is 846. The maximum Gasteiger partial charge on any atom is 0.193 e. The lowest BCUT2D eigenvalue weighted by Gasteiger charge is -2.30. The van der Waals surface area contributed by atoms with E-state index >= 15 is 0 Å².